The van der Waals surface area contributed by atoms with Crippen molar-refractivity contribution >= 4 is 28.6 Å². The maximum Gasteiger partial charge on any atom is 0.416 e. The van der Waals surface area contributed by atoms with Crippen molar-refractivity contribution < 1.29 is 18.7 Å². The maximum absolute atomic E-state index is 13.4. The molecule has 2 aliphatic rings. The van der Waals surface area contributed by atoms with Gasteiger partial charge in [-0.25, -0.2) is 9.18 Å². The Bertz CT molecular complexity index is 1550. The van der Waals surface area contributed by atoms with E-state index in [0.717, 1.165) is 59.5 Å². The summed E-state index contributed by atoms with van der Waals surface area (Å²) in [6.07, 6.45) is 8.72. The molecule has 218 valence electrons. The van der Waals surface area contributed by atoms with Gasteiger partial charge in [0.2, 0.25) is 0 Å². The Morgan fingerprint density at radius 2 is 1.76 bits per heavy atom. The van der Waals surface area contributed by atoms with Gasteiger partial charge in [-0.3, -0.25) is 4.90 Å². The first kappa shape index (κ1) is 28.0. The molecule has 1 aromatic heterocycles. The lowest BCUT2D eigenvalue weighted by molar-refractivity contribution is 0.135. The highest BCUT2D eigenvalue weighted by atomic mass is 35.5. The Morgan fingerprint density at radius 3 is 2.55 bits per heavy atom. The van der Waals surface area contributed by atoms with Crippen molar-refractivity contribution in [3.05, 3.63) is 107 Å². The van der Waals surface area contributed by atoms with E-state index in [9.17, 15) is 9.18 Å². The number of nitrogens with one attached hydrogen (secondary N) is 2. The number of hydrogen-bond acceptors (Lipinski definition) is 5. The maximum atomic E-state index is 13.4. The second-order valence-corrected chi connectivity index (χ2v) is 11.1. The van der Waals surface area contributed by atoms with Crippen LogP contribution in [0, 0.1) is 5.82 Å². The minimum absolute atomic E-state index is 0.294. The van der Waals surface area contributed by atoms with Crippen molar-refractivity contribution in [3.8, 4) is 11.5 Å². The van der Waals surface area contributed by atoms with Gasteiger partial charge in [-0.2, -0.15) is 0 Å². The van der Waals surface area contributed by atoms with E-state index >= 15 is 0 Å². The smallest absolute Gasteiger partial charge is 0.416 e. The number of carbonyl (C=O) groups is 1. The van der Waals surface area contributed by atoms with Gasteiger partial charge in [-0.15, -0.1) is 0 Å². The summed E-state index contributed by atoms with van der Waals surface area (Å²) in [5.41, 5.74) is 3.98. The molecule has 42 heavy (non-hydrogen) atoms. The molecule has 9 heteroatoms. The first-order valence-corrected chi connectivity index (χ1v) is 14.8. The van der Waals surface area contributed by atoms with Crippen LogP contribution < -0.4 is 14.8 Å². The first-order valence-electron chi connectivity index (χ1n) is 14.5. The minimum Gasteiger partial charge on any atom is -0.494 e. The molecule has 0 fully saturated rings. The number of ether oxygens (including phenoxy) is 2. The van der Waals surface area contributed by atoms with Gasteiger partial charge in [0, 0.05) is 47.1 Å². The molecule has 6 rings (SSSR count). The number of amides is 1. The fourth-order valence-electron chi connectivity index (χ4n) is 5.71. The van der Waals surface area contributed by atoms with Crippen LogP contribution in [0.5, 0.6) is 11.5 Å². The Labute approximate surface area is 249 Å². The Kier molecular flexibility index (Phi) is 8.51. The number of halogens is 2. The zero-order valence-electron chi connectivity index (χ0n) is 23.3. The predicted octanol–water partition coefficient (Wildman–Crippen LogP) is 7.38. The zero-order valence-corrected chi connectivity index (χ0v) is 24.1. The second-order valence-electron chi connectivity index (χ2n) is 10.7. The lowest BCUT2D eigenvalue weighted by Crippen LogP contribution is -2.42. The summed E-state index contributed by atoms with van der Waals surface area (Å²) in [6.45, 7) is 3.10. The molecular weight excluding hydrogens is 555 g/mol. The lowest BCUT2D eigenvalue weighted by Gasteiger charge is -2.35. The molecule has 3 heterocycles. The van der Waals surface area contributed by atoms with Gasteiger partial charge in [0.25, 0.3) is 0 Å². The summed E-state index contributed by atoms with van der Waals surface area (Å²) in [5.74, 6) is 0.706. The number of rotatable bonds is 10. The van der Waals surface area contributed by atoms with Gasteiger partial charge in [0.15, 0.2) is 0 Å². The molecule has 7 nitrogen and oxygen atoms in total. The van der Waals surface area contributed by atoms with Crippen molar-refractivity contribution in [2.75, 3.05) is 26.4 Å². The number of fused-ring (bicyclic) bond motifs is 3. The number of nitrogens with zero attached hydrogens (tertiary/aromatic N) is 2. The summed E-state index contributed by atoms with van der Waals surface area (Å²) >= 11 is 6.33. The van der Waals surface area contributed by atoms with Gasteiger partial charge in [0.1, 0.15) is 23.4 Å². The van der Waals surface area contributed by atoms with E-state index in [1.165, 1.54) is 37.1 Å². The summed E-state index contributed by atoms with van der Waals surface area (Å²) in [7, 11) is 0. The average Bonchev–Trinajstić information content (AvgIpc) is 3.65. The number of hydrogen-bond donors (Lipinski definition) is 2. The SMILES string of the molecule is O=C(Oc1ccc(F)cc1)N1CCc2c([nH]c3ccc(Cl)cc23)C1c1ccc(OCCCCCCN2C=CNC2)cc1. The van der Waals surface area contributed by atoms with E-state index in [0.29, 0.717) is 30.3 Å². The van der Waals surface area contributed by atoms with Gasteiger partial charge in [0.05, 0.1) is 13.3 Å². The molecule has 1 atom stereocenters. The Hall–Kier alpha value is -4.17. The Balaban J connectivity index is 1.15. The summed E-state index contributed by atoms with van der Waals surface area (Å²) < 4.78 is 25.1. The highest BCUT2D eigenvalue weighted by Crippen LogP contribution is 2.40. The van der Waals surface area contributed by atoms with E-state index in [2.05, 4.69) is 21.4 Å². The third-order valence-electron chi connectivity index (χ3n) is 7.84. The van der Waals surface area contributed by atoms with Crippen LogP contribution in [0.15, 0.2) is 79.1 Å². The van der Waals surface area contributed by atoms with E-state index in [1.807, 2.05) is 48.7 Å². The number of unbranched alkanes of at least 4 members (excludes halogenated alkanes) is 3. The van der Waals surface area contributed by atoms with Crippen molar-refractivity contribution in [1.82, 2.24) is 20.1 Å². The fraction of sp³-hybridized carbons (Fsp3) is 0.303. The van der Waals surface area contributed by atoms with Crippen molar-refractivity contribution in [2.24, 2.45) is 0 Å². The van der Waals surface area contributed by atoms with Crippen LogP contribution in [0.1, 0.15) is 48.5 Å². The standard InChI is InChI=1S/C33H34ClFN4O3/c34-24-7-14-30-29(21-24)28-15-18-39(33(40)42-27-12-8-25(35)9-13-27)32(31(28)37-30)23-5-10-26(11-6-23)41-20-4-2-1-3-17-38-19-16-36-22-38/h5-14,16,19,21,32,36-37H,1-4,15,17-18,20,22H2. The van der Waals surface area contributed by atoms with Crippen LogP contribution in [-0.4, -0.2) is 47.2 Å². The molecule has 2 N–H and O–H groups in total. The highest BCUT2D eigenvalue weighted by molar-refractivity contribution is 6.31. The second kappa shape index (κ2) is 12.8. The van der Waals surface area contributed by atoms with Gasteiger partial charge in [-0.05, 0) is 85.0 Å². The van der Waals surface area contributed by atoms with Gasteiger partial charge >= 0.3 is 6.09 Å². The van der Waals surface area contributed by atoms with E-state index < -0.39 is 12.1 Å². The molecule has 0 aliphatic carbocycles. The van der Waals surface area contributed by atoms with Crippen LogP contribution in [0.3, 0.4) is 0 Å². The third-order valence-corrected chi connectivity index (χ3v) is 8.08. The molecule has 3 aromatic carbocycles. The summed E-state index contributed by atoms with van der Waals surface area (Å²) in [4.78, 5) is 21.0. The van der Waals surface area contributed by atoms with Crippen LogP contribution in [-0.2, 0) is 6.42 Å². The van der Waals surface area contributed by atoms with E-state index in [1.54, 1.807) is 4.90 Å². The van der Waals surface area contributed by atoms with Crippen LogP contribution >= 0.6 is 11.6 Å². The third kappa shape index (κ3) is 6.34. The largest absolute Gasteiger partial charge is 0.494 e. The van der Waals surface area contributed by atoms with Crippen molar-refractivity contribution in [3.63, 3.8) is 0 Å². The molecule has 0 radical (unpaired) electrons. The Morgan fingerprint density at radius 1 is 0.976 bits per heavy atom. The lowest BCUT2D eigenvalue weighted by atomic mass is 9.92. The molecular formula is C33H34ClFN4O3. The average molecular weight is 589 g/mol. The number of aromatic nitrogens is 1. The van der Waals surface area contributed by atoms with Crippen LogP contribution in [0.2, 0.25) is 5.02 Å². The van der Waals surface area contributed by atoms with Crippen molar-refractivity contribution in [1.29, 1.82) is 0 Å². The number of carbonyl (C=O) groups excluding carboxylic acids is 1. The number of H-pyrrole nitrogens is 1. The van der Waals surface area contributed by atoms with Gasteiger partial charge < -0.3 is 24.7 Å². The monoisotopic (exact) mass is 588 g/mol. The van der Waals surface area contributed by atoms with E-state index in [-0.39, 0.29) is 5.82 Å². The van der Waals surface area contributed by atoms with Crippen molar-refractivity contribution in [2.45, 2.75) is 38.1 Å². The number of aromatic amines is 1. The molecule has 1 unspecified atom stereocenters. The normalized spacial score (nSPS) is 16.0. The number of benzene rings is 3. The van der Waals surface area contributed by atoms with Crippen LogP contribution in [0.25, 0.3) is 10.9 Å². The molecule has 2 aliphatic heterocycles. The molecule has 0 saturated carbocycles. The fourth-order valence-corrected chi connectivity index (χ4v) is 5.88. The highest BCUT2D eigenvalue weighted by Gasteiger charge is 2.35. The van der Waals surface area contributed by atoms with Crippen LogP contribution in [0.4, 0.5) is 9.18 Å². The summed E-state index contributed by atoms with van der Waals surface area (Å²) in [6, 6.07) is 18.8. The quantitative estimate of drug-likeness (QED) is 0.189. The first-order chi connectivity index (χ1) is 20.5. The minimum atomic E-state index is -0.494. The zero-order chi connectivity index (χ0) is 28.9. The molecule has 0 saturated heterocycles. The van der Waals surface area contributed by atoms with E-state index in [4.69, 9.17) is 21.1 Å². The van der Waals surface area contributed by atoms with Gasteiger partial charge in [-0.1, -0.05) is 36.6 Å². The molecule has 4 aromatic rings. The molecule has 1 amide bonds. The summed E-state index contributed by atoms with van der Waals surface area (Å²) in [5, 5.41) is 4.92. The topological polar surface area (TPSA) is 69.8 Å². The predicted molar refractivity (Wildman–Crippen MR) is 162 cm³/mol. The molecule has 0 spiro atoms. The molecule has 0 bridgehead atoms.